The smallest absolute Gasteiger partial charge is 0.307 e. The van der Waals surface area contributed by atoms with Crippen LogP contribution in [0.15, 0.2) is 41.8 Å². The minimum absolute atomic E-state index is 0.0918. The van der Waals surface area contributed by atoms with E-state index in [1.54, 1.807) is 11.3 Å². The monoisotopic (exact) mass is 289 g/mol. The Morgan fingerprint density at radius 2 is 1.90 bits per heavy atom. The fourth-order valence-electron chi connectivity index (χ4n) is 2.08. The molecule has 0 aliphatic rings. The van der Waals surface area contributed by atoms with E-state index in [1.807, 2.05) is 24.3 Å². The standard InChI is InChI=1S/C16H19NO2S/c1-17(9-8-15-3-2-10-20-15)12-14-6-4-13(5-7-14)11-16(18)19/h2-7,10H,8-9,11-12H2,1H3,(H,18,19). The number of carbonyl (C=O) groups is 1. The minimum Gasteiger partial charge on any atom is -0.481 e. The first-order valence-electron chi connectivity index (χ1n) is 6.64. The first-order valence-corrected chi connectivity index (χ1v) is 7.52. The Morgan fingerprint density at radius 3 is 2.50 bits per heavy atom. The van der Waals surface area contributed by atoms with Crippen molar-refractivity contribution < 1.29 is 9.90 Å². The van der Waals surface area contributed by atoms with Gasteiger partial charge in [0.05, 0.1) is 6.42 Å². The molecule has 0 bridgehead atoms. The van der Waals surface area contributed by atoms with E-state index in [1.165, 1.54) is 10.4 Å². The topological polar surface area (TPSA) is 40.5 Å². The van der Waals surface area contributed by atoms with Crippen LogP contribution >= 0.6 is 11.3 Å². The van der Waals surface area contributed by atoms with Gasteiger partial charge in [0.25, 0.3) is 0 Å². The fraction of sp³-hybridized carbons (Fsp3) is 0.312. The number of likely N-dealkylation sites (N-methyl/N-ethyl adjacent to an activating group) is 1. The lowest BCUT2D eigenvalue weighted by Crippen LogP contribution is -2.20. The summed E-state index contributed by atoms with van der Waals surface area (Å²) < 4.78 is 0. The molecule has 0 amide bonds. The van der Waals surface area contributed by atoms with Crippen molar-refractivity contribution >= 4 is 17.3 Å². The number of carboxylic acids is 1. The Morgan fingerprint density at radius 1 is 1.20 bits per heavy atom. The van der Waals surface area contributed by atoms with E-state index >= 15 is 0 Å². The summed E-state index contributed by atoms with van der Waals surface area (Å²) in [5, 5.41) is 10.8. The lowest BCUT2D eigenvalue weighted by molar-refractivity contribution is -0.136. The van der Waals surface area contributed by atoms with Crippen LogP contribution in [0, 0.1) is 0 Å². The van der Waals surface area contributed by atoms with Gasteiger partial charge in [-0.15, -0.1) is 11.3 Å². The number of aliphatic carboxylic acids is 1. The molecule has 0 atom stereocenters. The number of thiophene rings is 1. The van der Waals surface area contributed by atoms with Gasteiger partial charge in [-0.05, 0) is 36.0 Å². The Labute approximate surface area is 123 Å². The van der Waals surface area contributed by atoms with Crippen molar-refractivity contribution in [1.82, 2.24) is 4.90 Å². The van der Waals surface area contributed by atoms with Crippen LogP contribution in [0.4, 0.5) is 0 Å². The molecule has 0 fully saturated rings. The maximum atomic E-state index is 10.6. The number of carboxylic acid groups (broad SMARTS) is 1. The highest BCUT2D eigenvalue weighted by atomic mass is 32.1. The van der Waals surface area contributed by atoms with E-state index in [4.69, 9.17) is 5.11 Å². The molecule has 0 saturated heterocycles. The van der Waals surface area contributed by atoms with Crippen LogP contribution in [-0.2, 0) is 24.2 Å². The van der Waals surface area contributed by atoms with Crippen molar-refractivity contribution in [3.63, 3.8) is 0 Å². The molecule has 1 aromatic carbocycles. The van der Waals surface area contributed by atoms with E-state index < -0.39 is 5.97 Å². The molecule has 3 nitrogen and oxygen atoms in total. The van der Waals surface area contributed by atoms with Gasteiger partial charge in [-0.2, -0.15) is 0 Å². The van der Waals surface area contributed by atoms with Crippen LogP contribution < -0.4 is 0 Å². The zero-order valence-corrected chi connectivity index (χ0v) is 12.4. The molecule has 0 aliphatic carbocycles. The maximum Gasteiger partial charge on any atom is 0.307 e. The van der Waals surface area contributed by atoms with Crippen LogP contribution in [0.3, 0.4) is 0 Å². The highest BCUT2D eigenvalue weighted by Crippen LogP contribution is 2.11. The van der Waals surface area contributed by atoms with Gasteiger partial charge in [0.15, 0.2) is 0 Å². The summed E-state index contributed by atoms with van der Waals surface area (Å²) in [5.74, 6) is -0.786. The molecule has 2 rings (SSSR count). The molecule has 1 N–H and O–H groups in total. The molecule has 20 heavy (non-hydrogen) atoms. The van der Waals surface area contributed by atoms with Crippen molar-refractivity contribution in [2.45, 2.75) is 19.4 Å². The van der Waals surface area contributed by atoms with E-state index in [9.17, 15) is 4.79 Å². The van der Waals surface area contributed by atoms with Gasteiger partial charge >= 0.3 is 5.97 Å². The predicted molar refractivity (Wildman–Crippen MR) is 82.1 cm³/mol. The minimum atomic E-state index is -0.786. The quantitative estimate of drug-likeness (QED) is 0.851. The third-order valence-corrected chi connectivity index (χ3v) is 4.09. The van der Waals surface area contributed by atoms with Gasteiger partial charge in [-0.1, -0.05) is 30.3 Å². The van der Waals surface area contributed by atoms with Gasteiger partial charge in [0.1, 0.15) is 0 Å². The van der Waals surface area contributed by atoms with Gasteiger partial charge in [0.2, 0.25) is 0 Å². The summed E-state index contributed by atoms with van der Waals surface area (Å²) >= 11 is 1.80. The van der Waals surface area contributed by atoms with Crippen molar-refractivity contribution in [2.24, 2.45) is 0 Å². The molecule has 1 aromatic heterocycles. The lowest BCUT2D eigenvalue weighted by Gasteiger charge is -2.16. The lowest BCUT2D eigenvalue weighted by atomic mass is 10.1. The highest BCUT2D eigenvalue weighted by molar-refractivity contribution is 7.09. The second kappa shape index (κ2) is 7.22. The normalized spacial score (nSPS) is 10.9. The molecule has 0 saturated carbocycles. The highest BCUT2D eigenvalue weighted by Gasteiger charge is 2.03. The van der Waals surface area contributed by atoms with Gasteiger partial charge in [-0.3, -0.25) is 4.79 Å². The Hall–Kier alpha value is -1.65. The third kappa shape index (κ3) is 4.79. The van der Waals surface area contributed by atoms with E-state index in [2.05, 4.69) is 29.5 Å². The molecule has 0 radical (unpaired) electrons. The van der Waals surface area contributed by atoms with Gasteiger partial charge in [-0.25, -0.2) is 0 Å². The molecule has 0 spiro atoms. The van der Waals surface area contributed by atoms with Gasteiger partial charge < -0.3 is 10.0 Å². The first-order chi connectivity index (χ1) is 9.63. The molecule has 4 heteroatoms. The average Bonchev–Trinajstić information content (AvgIpc) is 2.91. The van der Waals surface area contributed by atoms with Crippen molar-refractivity contribution in [1.29, 1.82) is 0 Å². The summed E-state index contributed by atoms with van der Waals surface area (Å²) in [4.78, 5) is 14.3. The summed E-state index contributed by atoms with van der Waals surface area (Å²) in [6.07, 6.45) is 1.17. The van der Waals surface area contributed by atoms with E-state index in [-0.39, 0.29) is 6.42 Å². The predicted octanol–water partition coefficient (Wildman–Crippen LogP) is 3.05. The Bertz CT molecular complexity index is 534. The fourth-order valence-corrected chi connectivity index (χ4v) is 2.78. The second-order valence-corrected chi connectivity index (χ2v) is 5.99. The van der Waals surface area contributed by atoms with Crippen LogP contribution in [0.2, 0.25) is 0 Å². The number of nitrogens with zero attached hydrogens (tertiary/aromatic N) is 1. The van der Waals surface area contributed by atoms with Gasteiger partial charge in [0, 0.05) is 18.0 Å². The third-order valence-electron chi connectivity index (χ3n) is 3.15. The zero-order valence-electron chi connectivity index (χ0n) is 11.6. The first kappa shape index (κ1) is 14.8. The largest absolute Gasteiger partial charge is 0.481 e. The SMILES string of the molecule is CN(CCc1cccs1)Cc1ccc(CC(=O)O)cc1. The molecular formula is C16H19NO2S. The number of hydrogen-bond acceptors (Lipinski definition) is 3. The van der Waals surface area contributed by atoms with Crippen LogP contribution in [0.25, 0.3) is 0 Å². The molecule has 2 aromatic rings. The van der Waals surface area contributed by atoms with Crippen LogP contribution in [-0.4, -0.2) is 29.6 Å². The zero-order chi connectivity index (χ0) is 14.4. The Balaban J connectivity index is 1.81. The number of hydrogen-bond donors (Lipinski definition) is 1. The molecule has 106 valence electrons. The van der Waals surface area contributed by atoms with E-state index in [0.717, 1.165) is 25.1 Å². The molecule has 0 aliphatic heterocycles. The summed E-state index contributed by atoms with van der Waals surface area (Å²) in [7, 11) is 2.11. The Kier molecular flexibility index (Phi) is 5.32. The van der Waals surface area contributed by atoms with Crippen molar-refractivity contribution in [3.05, 3.63) is 57.8 Å². The second-order valence-electron chi connectivity index (χ2n) is 4.95. The molecule has 0 unspecified atom stereocenters. The summed E-state index contributed by atoms with van der Waals surface area (Å²) in [6.45, 7) is 1.91. The van der Waals surface area contributed by atoms with E-state index in [0.29, 0.717) is 0 Å². The van der Waals surface area contributed by atoms with Crippen molar-refractivity contribution in [2.75, 3.05) is 13.6 Å². The average molecular weight is 289 g/mol. The summed E-state index contributed by atoms with van der Waals surface area (Å²) in [5.41, 5.74) is 2.07. The van der Waals surface area contributed by atoms with Crippen LogP contribution in [0.1, 0.15) is 16.0 Å². The maximum absolute atomic E-state index is 10.6. The van der Waals surface area contributed by atoms with Crippen LogP contribution in [0.5, 0.6) is 0 Å². The number of benzene rings is 1. The summed E-state index contributed by atoms with van der Waals surface area (Å²) in [6, 6.07) is 12.1. The number of rotatable bonds is 7. The molecule has 1 heterocycles. The molecular weight excluding hydrogens is 270 g/mol. The van der Waals surface area contributed by atoms with Crippen molar-refractivity contribution in [3.8, 4) is 0 Å².